The molecule has 1 atom stereocenters. The third-order valence-corrected chi connectivity index (χ3v) is 5.42. The molecule has 1 N–H and O–H groups in total. The smallest absolute Gasteiger partial charge is 0.410 e. The Morgan fingerprint density at radius 2 is 1.71 bits per heavy atom. The minimum absolute atomic E-state index is 0.0120. The third kappa shape index (κ3) is 7.44. The normalized spacial score (nSPS) is 14.3. The topological polar surface area (TPSA) is 170 Å². The summed E-state index contributed by atoms with van der Waals surface area (Å²) >= 11 is 0. The molecule has 1 unspecified atom stereocenters. The Kier molecular flexibility index (Phi) is 8.93. The lowest BCUT2D eigenvalue weighted by Gasteiger charge is -2.35. The van der Waals surface area contributed by atoms with Crippen molar-refractivity contribution in [2.45, 2.75) is 39.4 Å². The summed E-state index contributed by atoms with van der Waals surface area (Å²) in [7, 11) is -1.53. The summed E-state index contributed by atoms with van der Waals surface area (Å²) in [5, 5.41) is 9.39. The van der Waals surface area contributed by atoms with Crippen molar-refractivity contribution in [2.24, 2.45) is 4.36 Å². The number of para-hydroxylation sites is 2. The number of rotatable bonds is 8. The molecule has 0 radical (unpaired) electrons. The SMILES string of the molecule is COc1ccccc1Oc1c(N=S(=O)=O)nc(N2CCN(C(=O)OC(C)(C)C)CC2)nc1OC(C)C(=O)O. The summed E-state index contributed by atoms with van der Waals surface area (Å²) in [6, 6.07) is 6.51. The molecule has 0 saturated carbocycles. The highest BCUT2D eigenvalue weighted by Crippen LogP contribution is 2.42. The fraction of sp³-hybridized carbons (Fsp3) is 0.478. The molecule has 0 aliphatic carbocycles. The number of carbonyl (C=O) groups excluding carboxylic acids is 1. The van der Waals surface area contributed by atoms with Gasteiger partial charge in [-0.15, -0.1) is 4.36 Å². The molecule has 0 bridgehead atoms. The first kappa shape index (κ1) is 28.4. The minimum atomic E-state index is -2.94. The minimum Gasteiger partial charge on any atom is -0.493 e. The summed E-state index contributed by atoms with van der Waals surface area (Å²) < 4.78 is 48.7. The van der Waals surface area contributed by atoms with Crippen LogP contribution in [0.1, 0.15) is 27.7 Å². The molecule has 2 aromatic rings. The largest absolute Gasteiger partial charge is 0.493 e. The molecule has 1 amide bonds. The number of methoxy groups -OCH3 is 1. The number of carboxylic acid groups (broad SMARTS) is 1. The number of aromatic nitrogens is 2. The van der Waals surface area contributed by atoms with Crippen molar-refractivity contribution in [3.63, 3.8) is 0 Å². The number of carbonyl (C=O) groups is 2. The highest BCUT2D eigenvalue weighted by atomic mass is 32.2. The summed E-state index contributed by atoms with van der Waals surface area (Å²) in [5.41, 5.74) is -0.647. The van der Waals surface area contributed by atoms with Crippen LogP contribution in [-0.2, 0) is 20.0 Å². The van der Waals surface area contributed by atoms with E-state index in [0.717, 1.165) is 0 Å². The lowest BCUT2D eigenvalue weighted by Crippen LogP contribution is -2.50. The van der Waals surface area contributed by atoms with Gasteiger partial charge in [-0.1, -0.05) is 12.1 Å². The Labute approximate surface area is 220 Å². The molecule has 14 nitrogen and oxygen atoms in total. The van der Waals surface area contributed by atoms with E-state index in [2.05, 4.69) is 14.3 Å². The Morgan fingerprint density at radius 3 is 2.26 bits per heavy atom. The molecule has 1 aromatic carbocycles. The van der Waals surface area contributed by atoms with Crippen LogP contribution in [0.3, 0.4) is 0 Å². The van der Waals surface area contributed by atoms with Gasteiger partial charge in [-0.3, -0.25) is 0 Å². The molecule has 206 valence electrons. The van der Waals surface area contributed by atoms with Crippen molar-refractivity contribution in [2.75, 3.05) is 38.2 Å². The monoisotopic (exact) mass is 551 g/mol. The zero-order valence-electron chi connectivity index (χ0n) is 21.6. The number of piperazine rings is 1. The molecule has 3 rings (SSSR count). The van der Waals surface area contributed by atoms with Gasteiger partial charge in [0.05, 0.1) is 7.11 Å². The average Bonchev–Trinajstić information content (AvgIpc) is 2.84. The van der Waals surface area contributed by atoms with Crippen LogP contribution in [0.4, 0.5) is 16.6 Å². The second kappa shape index (κ2) is 11.9. The first-order chi connectivity index (χ1) is 17.9. The van der Waals surface area contributed by atoms with Crippen molar-refractivity contribution in [1.29, 1.82) is 0 Å². The van der Waals surface area contributed by atoms with Gasteiger partial charge in [0, 0.05) is 26.2 Å². The number of hydrogen-bond acceptors (Lipinski definition) is 12. The van der Waals surface area contributed by atoms with Crippen molar-refractivity contribution >= 4 is 34.3 Å². The molecule has 1 saturated heterocycles. The van der Waals surface area contributed by atoms with Gasteiger partial charge in [-0.2, -0.15) is 18.4 Å². The van der Waals surface area contributed by atoms with E-state index >= 15 is 0 Å². The van der Waals surface area contributed by atoms with Crippen LogP contribution in [0, 0.1) is 0 Å². The van der Waals surface area contributed by atoms with Crippen molar-refractivity contribution in [3.05, 3.63) is 24.3 Å². The number of ether oxygens (including phenoxy) is 4. The first-order valence-electron chi connectivity index (χ1n) is 11.5. The van der Waals surface area contributed by atoms with Gasteiger partial charge in [0.1, 0.15) is 5.60 Å². The van der Waals surface area contributed by atoms with Gasteiger partial charge in [0.15, 0.2) is 17.6 Å². The van der Waals surface area contributed by atoms with Gasteiger partial charge in [0.25, 0.3) is 5.88 Å². The van der Waals surface area contributed by atoms with Crippen LogP contribution >= 0.6 is 0 Å². The highest BCUT2D eigenvalue weighted by Gasteiger charge is 2.30. The molecular formula is C23H29N5O9S. The molecule has 1 aliphatic rings. The molecule has 1 fully saturated rings. The maximum absolute atomic E-state index is 12.4. The maximum atomic E-state index is 12.4. The van der Waals surface area contributed by atoms with Gasteiger partial charge in [-0.25, -0.2) is 9.59 Å². The number of hydrogen-bond donors (Lipinski definition) is 1. The van der Waals surface area contributed by atoms with Crippen LogP contribution in [0.5, 0.6) is 23.1 Å². The van der Waals surface area contributed by atoms with E-state index in [1.165, 1.54) is 18.9 Å². The lowest BCUT2D eigenvalue weighted by molar-refractivity contribution is -0.144. The van der Waals surface area contributed by atoms with Crippen LogP contribution in [0.2, 0.25) is 0 Å². The number of aliphatic carboxylic acids is 1. The van der Waals surface area contributed by atoms with E-state index in [-0.39, 0.29) is 49.5 Å². The number of anilines is 1. The summed E-state index contributed by atoms with van der Waals surface area (Å²) in [6.45, 7) is 7.70. The second-order valence-electron chi connectivity index (χ2n) is 9.10. The van der Waals surface area contributed by atoms with Crippen molar-refractivity contribution in [3.8, 4) is 23.1 Å². The Balaban J connectivity index is 2.00. The van der Waals surface area contributed by atoms with E-state index in [0.29, 0.717) is 5.75 Å². The van der Waals surface area contributed by atoms with Gasteiger partial charge >= 0.3 is 22.6 Å². The number of amides is 1. The summed E-state index contributed by atoms with van der Waals surface area (Å²) in [6.07, 6.45) is -1.83. The Hall–Kier alpha value is -4.14. The second-order valence-corrected chi connectivity index (χ2v) is 9.71. The fourth-order valence-corrected chi connectivity index (χ4v) is 3.56. The standard InChI is InChI=1S/C23H29N5O9S/c1-14(20(29)30)35-19-17(36-16-9-7-6-8-15(16)34-5)18(26-38(32)33)24-21(25-19)27-10-12-28(13-11-27)22(31)37-23(2,3)4/h6-9,14H,10-13H2,1-5H3,(H,29,30). The van der Waals surface area contributed by atoms with E-state index in [4.69, 9.17) is 18.9 Å². The zero-order chi connectivity index (χ0) is 28.0. The third-order valence-electron chi connectivity index (χ3n) is 5.10. The van der Waals surface area contributed by atoms with Crippen LogP contribution in [-0.4, -0.2) is 85.4 Å². The number of nitrogens with zero attached hydrogens (tertiary/aromatic N) is 5. The molecule has 1 aromatic heterocycles. The van der Waals surface area contributed by atoms with Crippen LogP contribution in [0.25, 0.3) is 0 Å². The highest BCUT2D eigenvalue weighted by molar-refractivity contribution is 7.61. The first-order valence-corrected chi connectivity index (χ1v) is 12.6. The summed E-state index contributed by atoms with van der Waals surface area (Å²) in [5.74, 6) is -1.86. The van der Waals surface area contributed by atoms with Crippen LogP contribution < -0.4 is 19.1 Å². The van der Waals surface area contributed by atoms with Crippen molar-refractivity contribution < 1.29 is 42.1 Å². The molecule has 0 spiro atoms. The van der Waals surface area contributed by atoms with Gasteiger partial charge < -0.3 is 33.9 Å². The van der Waals surface area contributed by atoms with Gasteiger partial charge in [-0.05, 0) is 39.8 Å². The summed E-state index contributed by atoms with van der Waals surface area (Å²) in [4.78, 5) is 35.7. The Bertz CT molecular complexity index is 1310. The van der Waals surface area contributed by atoms with Gasteiger partial charge in [0.2, 0.25) is 17.5 Å². The number of carboxylic acids is 1. The lowest BCUT2D eigenvalue weighted by atomic mass is 10.2. The average molecular weight is 552 g/mol. The van der Waals surface area contributed by atoms with E-state index in [9.17, 15) is 23.1 Å². The van der Waals surface area contributed by atoms with Crippen molar-refractivity contribution in [1.82, 2.24) is 14.9 Å². The van der Waals surface area contributed by atoms with E-state index in [1.54, 1.807) is 49.9 Å². The Morgan fingerprint density at radius 1 is 1.08 bits per heavy atom. The van der Waals surface area contributed by atoms with E-state index in [1.807, 2.05) is 0 Å². The number of benzene rings is 1. The molecule has 1 aliphatic heterocycles. The van der Waals surface area contributed by atoms with Crippen LogP contribution in [0.15, 0.2) is 28.6 Å². The predicted molar refractivity (Wildman–Crippen MR) is 134 cm³/mol. The van der Waals surface area contributed by atoms with E-state index < -0.39 is 40.1 Å². The predicted octanol–water partition coefficient (Wildman–Crippen LogP) is 2.88. The zero-order valence-corrected chi connectivity index (χ0v) is 22.4. The maximum Gasteiger partial charge on any atom is 0.410 e. The fourth-order valence-electron chi connectivity index (χ4n) is 3.30. The quantitative estimate of drug-likeness (QED) is 0.509. The molecular weight excluding hydrogens is 522 g/mol. The molecule has 15 heteroatoms. The molecule has 2 heterocycles. The molecule has 38 heavy (non-hydrogen) atoms.